The molecule has 0 saturated heterocycles. The van der Waals surface area contributed by atoms with Crippen LogP contribution in [0.1, 0.15) is 16.7 Å². The first-order valence-corrected chi connectivity index (χ1v) is 6.44. The van der Waals surface area contributed by atoms with Crippen molar-refractivity contribution in [1.82, 2.24) is 0 Å². The Kier molecular flexibility index (Phi) is 4.18. The number of hydrogen-bond donors (Lipinski definition) is 1. The van der Waals surface area contributed by atoms with Crippen LogP contribution in [-0.2, 0) is 6.18 Å². The summed E-state index contributed by atoms with van der Waals surface area (Å²) in [7, 11) is 0. The van der Waals surface area contributed by atoms with Gasteiger partial charge in [-0.1, -0.05) is 24.4 Å². The van der Waals surface area contributed by atoms with Gasteiger partial charge in [-0.25, -0.2) is 0 Å². The van der Waals surface area contributed by atoms with Gasteiger partial charge < -0.3 is 10.5 Å². The van der Waals surface area contributed by atoms with Crippen molar-refractivity contribution in [3.63, 3.8) is 0 Å². The Bertz CT molecular complexity index is 683. The predicted molar refractivity (Wildman–Crippen MR) is 78.6 cm³/mol. The van der Waals surface area contributed by atoms with E-state index in [4.69, 9.17) is 22.7 Å². The van der Waals surface area contributed by atoms with Gasteiger partial charge in [-0.3, -0.25) is 0 Å². The highest BCUT2D eigenvalue weighted by Crippen LogP contribution is 2.34. The van der Waals surface area contributed by atoms with Crippen molar-refractivity contribution in [3.05, 3.63) is 59.2 Å². The molecule has 0 fully saturated rings. The van der Waals surface area contributed by atoms with E-state index in [1.165, 1.54) is 6.07 Å². The predicted octanol–water partition coefficient (Wildman–Crippen LogP) is 4.44. The number of hydrogen-bond acceptors (Lipinski definition) is 2. The first-order valence-electron chi connectivity index (χ1n) is 6.03. The fourth-order valence-corrected chi connectivity index (χ4v) is 1.95. The summed E-state index contributed by atoms with van der Waals surface area (Å²) in [5.41, 5.74) is 5.70. The fraction of sp³-hybridized carbons (Fsp3) is 0.133. The van der Waals surface area contributed by atoms with Crippen molar-refractivity contribution in [2.24, 2.45) is 5.73 Å². The molecule has 0 aliphatic carbocycles. The van der Waals surface area contributed by atoms with E-state index in [9.17, 15) is 13.2 Å². The molecule has 2 aromatic rings. The number of alkyl halides is 3. The van der Waals surface area contributed by atoms with Crippen LogP contribution in [-0.4, -0.2) is 4.99 Å². The third-order valence-corrected chi connectivity index (χ3v) is 3.01. The molecule has 2 nitrogen and oxygen atoms in total. The van der Waals surface area contributed by atoms with Crippen molar-refractivity contribution < 1.29 is 17.9 Å². The molecule has 0 unspecified atom stereocenters. The number of rotatable bonds is 3. The molecule has 0 saturated carbocycles. The number of thiocarbonyl (C=S) groups is 1. The van der Waals surface area contributed by atoms with E-state index in [-0.39, 0.29) is 16.3 Å². The molecule has 21 heavy (non-hydrogen) atoms. The van der Waals surface area contributed by atoms with E-state index in [1.807, 2.05) is 13.0 Å². The van der Waals surface area contributed by atoms with Crippen LogP contribution in [0.4, 0.5) is 13.2 Å². The van der Waals surface area contributed by atoms with Gasteiger partial charge in [0.2, 0.25) is 0 Å². The molecule has 0 atom stereocenters. The molecule has 0 radical (unpaired) electrons. The van der Waals surface area contributed by atoms with E-state index < -0.39 is 11.7 Å². The lowest BCUT2D eigenvalue weighted by molar-refractivity contribution is -0.137. The van der Waals surface area contributed by atoms with Crippen molar-refractivity contribution >= 4 is 17.2 Å². The van der Waals surface area contributed by atoms with E-state index >= 15 is 0 Å². The smallest absolute Gasteiger partial charge is 0.416 e. The Labute approximate surface area is 125 Å². The monoisotopic (exact) mass is 311 g/mol. The van der Waals surface area contributed by atoms with Crippen LogP contribution in [0.15, 0.2) is 42.5 Å². The topological polar surface area (TPSA) is 35.2 Å². The SMILES string of the molecule is Cc1cccc(Oc2ccc(C(F)(F)F)cc2C(N)=S)c1. The summed E-state index contributed by atoms with van der Waals surface area (Å²) in [6.07, 6.45) is -4.46. The largest absolute Gasteiger partial charge is 0.457 e. The number of halogens is 3. The molecule has 0 aliphatic rings. The van der Waals surface area contributed by atoms with Crippen LogP contribution < -0.4 is 10.5 Å². The summed E-state index contributed by atoms with van der Waals surface area (Å²) in [4.78, 5) is -0.149. The van der Waals surface area contributed by atoms with Crippen LogP contribution in [0.3, 0.4) is 0 Å². The van der Waals surface area contributed by atoms with Gasteiger partial charge in [0.05, 0.1) is 11.1 Å². The molecule has 0 heterocycles. The molecule has 2 aromatic carbocycles. The minimum Gasteiger partial charge on any atom is -0.457 e. The summed E-state index contributed by atoms with van der Waals surface area (Å²) < 4.78 is 43.7. The zero-order valence-corrected chi connectivity index (χ0v) is 11.9. The van der Waals surface area contributed by atoms with Gasteiger partial charge in [0.1, 0.15) is 16.5 Å². The van der Waals surface area contributed by atoms with Crippen LogP contribution in [0.25, 0.3) is 0 Å². The van der Waals surface area contributed by atoms with Crippen LogP contribution in [0.2, 0.25) is 0 Å². The van der Waals surface area contributed by atoms with Gasteiger partial charge in [0, 0.05) is 0 Å². The first kappa shape index (κ1) is 15.3. The van der Waals surface area contributed by atoms with Gasteiger partial charge >= 0.3 is 6.18 Å². The maximum Gasteiger partial charge on any atom is 0.416 e. The van der Waals surface area contributed by atoms with Crippen molar-refractivity contribution in [2.45, 2.75) is 13.1 Å². The van der Waals surface area contributed by atoms with Gasteiger partial charge in [-0.05, 0) is 42.8 Å². The lowest BCUT2D eigenvalue weighted by Gasteiger charge is -2.14. The van der Waals surface area contributed by atoms with E-state index in [0.717, 1.165) is 17.7 Å². The number of benzene rings is 2. The van der Waals surface area contributed by atoms with Crippen LogP contribution >= 0.6 is 12.2 Å². The maximum absolute atomic E-state index is 12.7. The Hall–Kier alpha value is -2.08. The second-order valence-electron chi connectivity index (χ2n) is 4.49. The highest BCUT2D eigenvalue weighted by Gasteiger charge is 2.31. The molecule has 0 aliphatic heterocycles. The lowest BCUT2D eigenvalue weighted by Crippen LogP contribution is -2.13. The zero-order chi connectivity index (χ0) is 15.6. The second kappa shape index (κ2) is 5.73. The summed E-state index contributed by atoms with van der Waals surface area (Å²) in [5.74, 6) is 0.702. The average Bonchev–Trinajstić information content (AvgIpc) is 2.37. The van der Waals surface area contributed by atoms with E-state index in [1.54, 1.807) is 18.2 Å². The maximum atomic E-state index is 12.7. The Balaban J connectivity index is 2.42. The zero-order valence-electron chi connectivity index (χ0n) is 11.1. The molecule has 0 amide bonds. The molecule has 110 valence electrons. The number of aryl methyl sites for hydroxylation is 1. The van der Waals surface area contributed by atoms with Gasteiger partial charge in [-0.2, -0.15) is 13.2 Å². The molecule has 6 heteroatoms. The van der Waals surface area contributed by atoms with Crippen molar-refractivity contribution in [1.29, 1.82) is 0 Å². The minimum absolute atomic E-state index is 0.0568. The molecule has 2 N–H and O–H groups in total. The Morgan fingerprint density at radius 1 is 1.14 bits per heavy atom. The average molecular weight is 311 g/mol. The highest BCUT2D eigenvalue weighted by atomic mass is 32.1. The van der Waals surface area contributed by atoms with Crippen molar-refractivity contribution in [3.8, 4) is 11.5 Å². The molecule has 0 bridgehead atoms. The molecule has 0 spiro atoms. The fourth-order valence-electron chi connectivity index (χ4n) is 1.79. The summed E-state index contributed by atoms with van der Waals surface area (Å²) >= 11 is 4.80. The Morgan fingerprint density at radius 2 is 1.86 bits per heavy atom. The standard InChI is InChI=1S/C15H12F3NOS/c1-9-3-2-4-11(7-9)20-13-6-5-10(15(16,17)18)8-12(13)14(19)21/h2-8H,1H3,(H2,19,21). The van der Waals surface area contributed by atoms with Gasteiger partial charge in [-0.15, -0.1) is 0 Å². The summed E-state index contributed by atoms with van der Waals surface area (Å²) in [5, 5.41) is 0. The minimum atomic E-state index is -4.46. The number of ether oxygens (including phenoxy) is 1. The van der Waals surface area contributed by atoms with Gasteiger partial charge in [0.25, 0.3) is 0 Å². The first-order chi connectivity index (χ1) is 9.77. The molecule has 0 aromatic heterocycles. The van der Waals surface area contributed by atoms with E-state index in [0.29, 0.717) is 5.75 Å². The molecular weight excluding hydrogens is 299 g/mol. The quantitative estimate of drug-likeness (QED) is 0.851. The second-order valence-corrected chi connectivity index (χ2v) is 4.93. The third-order valence-electron chi connectivity index (χ3n) is 2.79. The molecule has 2 rings (SSSR count). The Morgan fingerprint density at radius 3 is 2.43 bits per heavy atom. The number of nitrogens with two attached hydrogens (primary N) is 1. The normalized spacial score (nSPS) is 11.2. The summed E-state index contributed by atoms with van der Waals surface area (Å²) in [6, 6.07) is 10.2. The van der Waals surface area contributed by atoms with E-state index in [2.05, 4.69) is 0 Å². The van der Waals surface area contributed by atoms with Crippen molar-refractivity contribution in [2.75, 3.05) is 0 Å². The highest BCUT2D eigenvalue weighted by molar-refractivity contribution is 7.80. The third kappa shape index (κ3) is 3.72. The van der Waals surface area contributed by atoms with Crippen LogP contribution in [0, 0.1) is 6.92 Å². The summed E-state index contributed by atoms with van der Waals surface area (Å²) in [6.45, 7) is 1.88. The van der Waals surface area contributed by atoms with Crippen LogP contribution in [0.5, 0.6) is 11.5 Å². The van der Waals surface area contributed by atoms with Gasteiger partial charge in [0.15, 0.2) is 0 Å². The lowest BCUT2D eigenvalue weighted by atomic mass is 10.1. The molecular formula is C15H12F3NOS.